The lowest BCUT2D eigenvalue weighted by molar-refractivity contribution is 0.00906. The number of carbonyl (C=O) groups excluding carboxylic acids is 1. The van der Waals surface area contributed by atoms with E-state index in [-0.39, 0.29) is 12.1 Å². The van der Waals surface area contributed by atoms with E-state index < -0.39 is 5.60 Å². The van der Waals surface area contributed by atoms with Gasteiger partial charge in [0.25, 0.3) is 0 Å². The van der Waals surface area contributed by atoms with E-state index in [1.165, 1.54) is 0 Å². The van der Waals surface area contributed by atoms with Gasteiger partial charge in [-0.1, -0.05) is 11.6 Å². The molecule has 3 rings (SSSR count). The monoisotopic (exact) mass is 336 g/mol. The molecule has 0 aromatic carbocycles. The molecule has 0 N–H and O–H groups in total. The molecular weight excluding hydrogens is 316 g/mol. The summed E-state index contributed by atoms with van der Waals surface area (Å²) in [6, 6.07) is 3.44. The Morgan fingerprint density at radius 1 is 1.35 bits per heavy atom. The van der Waals surface area contributed by atoms with Crippen molar-refractivity contribution in [3.63, 3.8) is 0 Å². The molecule has 1 atom stereocenters. The molecule has 124 valence electrons. The van der Waals surface area contributed by atoms with Gasteiger partial charge in [-0.05, 0) is 52.2 Å². The molecule has 1 fully saturated rings. The molecule has 2 aromatic heterocycles. The van der Waals surface area contributed by atoms with Crippen LogP contribution in [0.2, 0.25) is 5.15 Å². The molecule has 0 aliphatic carbocycles. The molecule has 0 bridgehead atoms. The number of ether oxygens (including phenoxy) is 1. The average molecular weight is 337 g/mol. The predicted octanol–water partition coefficient (Wildman–Crippen LogP) is 3.84. The Morgan fingerprint density at radius 2 is 2.13 bits per heavy atom. The third-order valence-electron chi connectivity index (χ3n) is 3.78. The molecule has 2 aromatic rings. The highest BCUT2D eigenvalue weighted by molar-refractivity contribution is 6.29. The summed E-state index contributed by atoms with van der Waals surface area (Å²) in [5.74, 6) is 0. The Bertz CT molecular complexity index is 722. The lowest BCUT2D eigenvalue weighted by Crippen LogP contribution is -2.42. The average Bonchev–Trinajstić information content (AvgIpc) is 2.88. The van der Waals surface area contributed by atoms with Crippen LogP contribution in [-0.2, 0) is 4.74 Å². The van der Waals surface area contributed by atoms with E-state index in [0.717, 1.165) is 30.6 Å². The number of rotatable bonds is 1. The van der Waals surface area contributed by atoms with Crippen LogP contribution in [-0.4, -0.2) is 37.7 Å². The van der Waals surface area contributed by atoms with Gasteiger partial charge in [0, 0.05) is 6.54 Å². The highest BCUT2D eigenvalue weighted by atomic mass is 35.5. The predicted molar refractivity (Wildman–Crippen MR) is 87.5 cm³/mol. The van der Waals surface area contributed by atoms with Crippen LogP contribution in [0.3, 0.4) is 0 Å². The van der Waals surface area contributed by atoms with Gasteiger partial charge >= 0.3 is 6.09 Å². The number of carbonyl (C=O) groups is 1. The second-order valence-electron chi connectivity index (χ2n) is 6.81. The zero-order valence-corrected chi connectivity index (χ0v) is 14.4. The summed E-state index contributed by atoms with van der Waals surface area (Å²) < 4.78 is 7.19. The lowest BCUT2D eigenvalue weighted by Gasteiger charge is -2.35. The fraction of sp³-hybridized carbons (Fsp3) is 0.562. The van der Waals surface area contributed by atoms with Crippen LogP contribution in [0.15, 0.2) is 18.3 Å². The van der Waals surface area contributed by atoms with Crippen LogP contribution in [0.1, 0.15) is 51.8 Å². The summed E-state index contributed by atoms with van der Waals surface area (Å²) in [4.78, 5) is 18.9. The molecule has 1 aliphatic heterocycles. The van der Waals surface area contributed by atoms with E-state index in [9.17, 15) is 4.79 Å². The lowest BCUT2D eigenvalue weighted by atomic mass is 10.0. The molecule has 23 heavy (non-hydrogen) atoms. The summed E-state index contributed by atoms with van der Waals surface area (Å²) in [6.45, 7) is 6.31. The van der Waals surface area contributed by atoms with E-state index in [1.807, 2.05) is 33.0 Å². The number of hydrogen-bond donors (Lipinski definition) is 0. The Morgan fingerprint density at radius 3 is 2.87 bits per heavy atom. The number of fused-ring (bicyclic) bond motifs is 1. The number of nitrogens with zero attached hydrogens (tertiary/aromatic N) is 4. The number of imidazole rings is 1. The zero-order chi connectivity index (χ0) is 16.6. The number of aromatic nitrogens is 3. The van der Waals surface area contributed by atoms with Gasteiger partial charge in [0.1, 0.15) is 10.8 Å². The van der Waals surface area contributed by atoms with Crippen LogP contribution in [0, 0.1) is 0 Å². The van der Waals surface area contributed by atoms with Crippen molar-refractivity contribution in [1.29, 1.82) is 0 Å². The smallest absolute Gasteiger partial charge is 0.410 e. The standard InChI is InChI=1S/C16H21ClN4O2/c1-16(2,3)23-15(22)20-9-5-4-6-12(20)11-10-21-14(18-11)8-7-13(17)19-21/h7-8,10,12H,4-6,9H2,1-3H3/t12-/m0/s1. The number of halogens is 1. The van der Waals surface area contributed by atoms with Gasteiger partial charge in [0.05, 0.1) is 17.9 Å². The summed E-state index contributed by atoms with van der Waals surface area (Å²) in [6.07, 6.45) is 4.47. The summed E-state index contributed by atoms with van der Waals surface area (Å²) >= 11 is 5.92. The van der Waals surface area contributed by atoms with Gasteiger partial charge < -0.3 is 4.74 Å². The molecule has 1 amide bonds. The zero-order valence-electron chi connectivity index (χ0n) is 13.6. The van der Waals surface area contributed by atoms with Crippen molar-refractivity contribution in [3.8, 4) is 0 Å². The maximum atomic E-state index is 12.5. The van der Waals surface area contributed by atoms with Gasteiger partial charge in [-0.3, -0.25) is 4.90 Å². The minimum Gasteiger partial charge on any atom is -0.444 e. The van der Waals surface area contributed by atoms with Crippen molar-refractivity contribution >= 4 is 23.3 Å². The van der Waals surface area contributed by atoms with Crippen LogP contribution < -0.4 is 0 Å². The van der Waals surface area contributed by atoms with Gasteiger partial charge in [-0.15, -0.1) is 0 Å². The highest BCUT2D eigenvalue weighted by Crippen LogP contribution is 2.31. The van der Waals surface area contributed by atoms with Crippen molar-refractivity contribution in [2.45, 2.75) is 51.7 Å². The number of piperidine rings is 1. The molecule has 0 saturated carbocycles. The maximum absolute atomic E-state index is 12.5. The third-order valence-corrected chi connectivity index (χ3v) is 3.98. The van der Waals surface area contributed by atoms with Crippen LogP contribution in [0.5, 0.6) is 0 Å². The first-order valence-corrected chi connectivity index (χ1v) is 8.23. The van der Waals surface area contributed by atoms with Gasteiger partial charge in [-0.2, -0.15) is 5.10 Å². The van der Waals surface area contributed by atoms with Crippen LogP contribution in [0.25, 0.3) is 5.65 Å². The Balaban J connectivity index is 1.89. The fourth-order valence-corrected chi connectivity index (χ4v) is 2.96. The van der Waals surface area contributed by atoms with Crippen molar-refractivity contribution in [3.05, 3.63) is 29.2 Å². The first kappa shape index (κ1) is 16.1. The second-order valence-corrected chi connectivity index (χ2v) is 7.20. The summed E-state index contributed by atoms with van der Waals surface area (Å²) in [5.41, 5.74) is 1.04. The quantitative estimate of drug-likeness (QED) is 0.793. The SMILES string of the molecule is CC(C)(C)OC(=O)N1CCCC[C@H]1c1cn2nc(Cl)ccc2n1. The van der Waals surface area contributed by atoms with E-state index in [4.69, 9.17) is 16.3 Å². The first-order chi connectivity index (χ1) is 10.8. The fourth-order valence-electron chi connectivity index (χ4n) is 2.82. The van der Waals surface area contributed by atoms with Crippen molar-refractivity contribution in [1.82, 2.24) is 19.5 Å². The van der Waals surface area contributed by atoms with Crippen molar-refractivity contribution in [2.75, 3.05) is 6.54 Å². The van der Waals surface area contributed by atoms with E-state index in [2.05, 4.69) is 10.1 Å². The summed E-state index contributed by atoms with van der Waals surface area (Å²) in [7, 11) is 0. The molecule has 7 heteroatoms. The topological polar surface area (TPSA) is 59.7 Å². The van der Waals surface area contributed by atoms with Gasteiger partial charge in [0.15, 0.2) is 5.65 Å². The molecule has 6 nitrogen and oxygen atoms in total. The first-order valence-electron chi connectivity index (χ1n) is 7.85. The normalized spacial score (nSPS) is 19.1. The molecule has 1 saturated heterocycles. The van der Waals surface area contributed by atoms with E-state index in [0.29, 0.717) is 11.7 Å². The minimum atomic E-state index is -0.507. The van der Waals surface area contributed by atoms with Gasteiger partial charge in [0.2, 0.25) is 0 Å². The third kappa shape index (κ3) is 3.58. The van der Waals surface area contributed by atoms with Crippen LogP contribution in [0.4, 0.5) is 4.79 Å². The maximum Gasteiger partial charge on any atom is 0.410 e. The Kier molecular flexibility index (Phi) is 4.19. The Hall–Kier alpha value is -1.82. The largest absolute Gasteiger partial charge is 0.444 e. The highest BCUT2D eigenvalue weighted by Gasteiger charge is 2.32. The Labute approximate surface area is 140 Å². The van der Waals surface area contributed by atoms with Gasteiger partial charge in [-0.25, -0.2) is 14.3 Å². The summed E-state index contributed by atoms with van der Waals surface area (Å²) in [5, 5.41) is 4.62. The minimum absolute atomic E-state index is 0.0842. The molecule has 1 aliphatic rings. The van der Waals surface area contributed by atoms with E-state index in [1.54, 1.807) is 15.5 Å². The molecule has 0 unspecified atom stereocenters. The molecule has 0 radical (unpaired) electrons. The number of amides is 1. The number of likely N-dealkylation sites (tertiary alicyclic amines) is 1. The second kappa shape index (κ2) is 6.00. The molecular formula is C16H21ClN4O2. The van der Waals surface area contributed by atoms with Crippen molar-refractivity contribution in [2.24, 2.45) is 0 Å². The van der Waals surface area contributed by atoms with E-state index >= 15 is 0 Å². The molecule has 0 spiro atoms. The number of hydrogen-bond acceptors (Lipinski definition) is 4. The van der Waals surface area contributed by atoms with Crippen LogP contribution >= 0.6 is 11.6 Å². The molecule has 3 heterocycles. The van der Waals surface area contributed by atoms with Crippen molar-refractivity contribution < 1.29 is 9.53 Å².